The van der Waals surface area contributed by atoms with Crippen LogP contribution in [0.4, 0.5) is 5.69 Å². The number of ether oxygens (including phenoxy) is 1. The maximum Gasteiger partial charge on any atom is 0.270 e. The molecule has 1 aromatic carbocycles. The van der Waals surface area contributed by atoms with Crippen LogP contribution in [0.2, 0.25) is 0 Å². The summed E-state index contributed by atoms with van der Waals surface area (Å²) in [7, 11) is 0. The van der Waals surface area contributed by atoms with Gasteiger partial charge in [-0.25, -0.2) is 0 Å². The Morgan fingerprint density at radius 3 is 3.00 bits per heavy atom. The molecule has 18 heavy (non-hydrogen) atoms. The molecular weight excluding hydrogens is 238 g/mol. The molecule has 94 valence electrons. The number of rotatable bonds is 1. The maximum atomic E-state index is 11.6. The molecule has 7 heteroatoms. The van der Waals surface area contributed by atoms with E-state index >= 15 is 0 Å². The van der Waals surface area contributed by atoms with Crippen LogP contribution in [0.5, 0.6) is 5.75 Å². The molecule has 2 aliphatic heterocycles. The van der Waals surface area contributed by atoms with Crippen molar-refractivity contribution in [1.29, 1.82) is 0 Å². The van der Waals surface area contributed by atoms with Gasteiger partial charge in [-0.2, -0.15) is 0 Å². The first-order chi connectivity index (χ1) is 8.59. The van der Waals surface area contributed by atoms with E-state index in [2.05, 4.69) is 0 Å². The van der Waals surface area contributed by atoms with E-state index in [-0.39, 0.29) is 17.6 Å². The Kier molecular flexibility index (Phi) is 2.24. The van der Waals surface area contributed by atoms with E-state index < -0.39 is 11.0 Å². The Balaban J connectivity index is 2.08. The van der Waals surface area contributed by atoms with Gasteiger partial charge < -0.3 is 15.4 Å². The lowest BCUT2D eigenvalue weighted by Gasteiger charge is -2.44. The number of nitro groups is 1. The van der Waals surface area contributed by atoms with E-state index in [0.29, 0.717) is 24.5 Å². The molecule has 0 bridgehead atoms. The van der Waals surface area contributed by atoms with Gasteiger partial charge in [-0.15, -0.1) is 0 Å². The molecule has 3 rings (SSSR count). The van der Waals surface area contributed by atoms with Gasteiger partial charge in [0.15, 0.2) is 0 Å². The summed E-state index contributed by atoms with van der Waals surface area (Å²) in [6, 6.07) is 3.44. The molecule has 2 aliphatic rings. The van der Waals surface area contributed by atoms with Crippen LogP contribution in [-0.4, -0.2) is 34.9 Å². The van der Waals surface area contributed by atoms with Crippen LogP contribution < -0.4 is 10.5 Å². The number of hydrogen-bond acceptors (Lipinski definition) is 5. The van der Waals surface area contributed by atoms with E-state index in [1.54, 1.807) is 11.0 Å². The lowest BCUT2D eigenvalue weighted by atomic mass is 9.89. The fourth-order valence-corrected chi connectivity index (χ4v) is 2.45. The third kappa shape index (κ3) is 1.37. The molecule has 1 aromatic rings. The van der Waals surface area contributed by atoms with Gasteiger partial charge in [0.1, 0.15) is 18.4 Å². The molecule has 0 spiro atoms. The second-order valence-electron chi connectivity index (χ2n) is 4.33. The number of nitrogens with zero attached hydrogens (tertiary/aromatic N) is 2. The fourth-order valence-electron chi connectivity index (χ4n) is 2.45. The summed E-state index contributed by atoms with van der Waals surface area (Å²) >= 11 is 0. The molecule has 0 unspecified atom stereocenters. The van der Waals surface area contributed by atoms with Gasteiger partial charge >= 0.3 is 0 Å². The van der Waals surface area contributed by atoms with Crippen LogP contribution in [0.25, 0.3) is 0 Å². The lowest BCUT2D eigenvalue weighted by molar-refractivity contribution is -0.385. The number of non-ortho nitro benzene ring substituents is 1. The van der Waals surface area contributed by atoms with Crippen molar-refractivity contribution in [2.24, 2.45) is 5.73 Å². The Morgan fingerprint density at radius 1 is 1.50 bits per heavy atom. The first kappa shape index (κ1) is 11.0. The molecule has 7 nitrogen and oxygen atoms in total. The third-order valence-electron chi connectivity index (χ3n) is 3.36. The Labute approximate surface area is 102 Å². The number of amides is 1. The molecular formula is C11H11N3O4. The quantitative estimate of drug-likeness (QED) is 0.435. The summed E-state index contributed by atoms with van der Waals surface area (Å²) in [5, 5.41) is 10.8. The van der Waals surface area contributed by atoms with Crippen LogP contribution in [0.15, 0.2) is 18.2 Å². The zero-order valence-corrected chi connectivity index (χ0v) is 9.41. The second kappa shape index (κ2) is 3.67. The summed E-state index contributed by atoms with van der Waals surface area (Å²) in [5.41, 5.74) is 6.37. The van der Waals surface area contributed by atoms with Gasteiger partial charge in [-0.3, -0.25) is 14.9 Å². The topological polar surface area (TPSA) is 98.7 Å². The van der Waals surface area contributed by atoms with Crippen LogP contribution >= 0.6 is 0 Å². The smallest absolute Gasteiger partial charge is 0.270 e. The molecule has 0 aromatic heterocycles. The van der Waals surface area contributed by atoms with Gasteiger partial charge in [0.2, 0.25) is 5.91 Å². The first-order valence-corrected chi connectivity index (χ1v) is 5.57. The largest absolute Gasteiger partial charge is 0.491 e. The highest BCUT2D eigenvalue weighted by atomic mass is 16.6. The van der Waals surface area contributed by atoms with Gasteiger partial charge in [-0.1, -0.05) is 0 Å². The molecule has 2 heterocycles. The predicted octanol–water partition coefficient (Wildman–Crippen LogP) is 0.198. The van der Waals surface area contributed by atoms with Gasteiger partial charge in [0.05, 0.1) is 17.5 Å². The monoisotopic (exact) mass is 249 g/mol. The second-order valence-corrected chi connectivity index (χ2v) is 4.33. The van der Waals surface area contributed by atoms with Crippen molar-refractivity contribution >= 4 is 11.6 Å². The standard InChI is InChI=1S/C11H11N3O4/c12-9-10-7-5-6(14(16)17)1-2-8(7)18-4-3-13(10)11(9)15/h1-2,5,9-10H,3-4,12H2/t9-,10-/m1/s1. The third-order valence-corrected chi connectivity index (χ3v) is 3.36. The molecule has 2 N–H and O–H groups in total. The number of carbonyl (C=O) groups excluding carboxylic acids is 1. The van der Waals surface area contributed by atoms with Crippen molar-refractivity contribution in [2.45, 2.75) is 12.1 Å². The molecule has 0 saturated carbocycles. The van der Waals surface area contributed by atoms with Gasteiger partial charge in [0, 0.05) is 17.7 Å². The number of β-lactam (4-membered cyclic amide) rings is 1. The van der Waals surface area contributed by atoms with Crippen LogP contribution in [0, 0.1) is 10.1 Å². The maximum absolute atomic E-state index is 11.6. The molecule has 0 radical (unpaired) electrons. The number of hydrogen-bond donors (Lipinski definition) is 1. The first-order valence-electron chi connectivity index (χ1n) is 5.57. The summed E-state index contributed by atoms with van der Waals surface area (Å²) in [6.07, 6.45) is 0. The normalized spacial score (nSPS) is 25.4. The SMILES string of the molecule is N[C@H]1C(=O)N2CCOc3ccc([N+](=O)[O-])cc3[C@H]12. The van der Waals surface area contributed by atoms with Crippen LogP contribution in [0.1, 0.15) is 11.6 Å². The number of carbonyl (C=O) groups is 1. The van der Waals surface area contributed by atoms with Crippen molar-refractivity contribution < 1.29 is 14.5 Å². The summed E-state index contributed by atoms with van der Waals surface area (Å²) in [4.78, 5) is 23.5. The minimum absolute atomic E-state index is 0.0225. The highest BCUT2D eigenvalue weighted by molar-refractivity contribution is 5.90. The average molecular weight is 249 g/mol. The Hall–Kier alpha value is -2.15. The average Bonchev–Trinajstić information content (AvgIpc) is 2.54. The van der Waals surface area contributed by atoms with Crippen molar-refractivity contribution in [2.75, 3.05) is 13.2 Å². The van der Waals surface area contributed by atoms with Crippen LogP contribution in [-0.2, 0) is 4.79 Å². The number of benzene rings is 1. The predicted molar refractivity (Wildman–Crippen MR) is 61.0 cm³/mol. The highest BCUT2D eigenvalue weighted by Gasteiger charge is 2.48. The summed E-state index contributed by atoms with van der Waals surface area (Å²) < 4.78 is 5.49. The minimum atomic E-state index is -0.632. The molecule has 1 amide bonds. The lowest BCUT2D eigenvalue weighted by Crippen LogP contribution is -2.62. The number of fused-ring (bicyclic) bond motifs is 3. The molecule has 1 saturated heterocycles. The Morgan fingerprint density at radius 2 is 2.28 bits per heavy atom. The zero-order chi connectivity index (χ0) is 12.9. The van der Waals surface area contributed by atoms with E-state index in [9.17, 15) is 14.9 Å². The Bertz CT molecular complexity index is 545. The van der Waals surface area contributed by atoms with E-state index in [1.807, 2.05) is 0 Å². The van der Waals surface area contributed by atoms with E-state index in [1.165, 1.54) is 12.1 Å². The molecule has 2 atom stereocenters. The number of nitro benzene ring substituents is 1. The van der Waals surface area contributed by atoms with Gasteiger partial charge in [0.25, 0.3) is 5.69 Å². The van der Waals surface area contributed by atoms with Crippen molar-refractivity contribution in [3.05, 3.63) is 33.9 Å². The van der Waals surface area contributed by atoms with Crippen molar-refractivity contribution in [3.8, 4) is 5.75 Å². The minimum Gasteiger partial charge on any atom is -0.491 e. The molecule has 0 aliphatic carbocycles. The number of nitrogens with two attached hydrogens (primary N) is 1. The van der Waals surface area contributed by atoms with Gasteiger partial charge in [-0.05, 0) is 6.07 Å². The summed E-state index contributed by atoms with van der Waals surface area (Å²) in [5.74, 6) is 0.430. The van der Waals surface area contributed by atoms with E-state index in [4.69, 9.17) is 10.5 Å². The van der Waals surface area contributed by atoms with Crippen molar-refractivity contribution in [1.82, 2.24) is 4.90 Å². The van der Waals surface area contributed by atoms with E-state index in [0.717, 1.165) is 0 Å². The van der Waals surface area contributed by atoms with Crippen molar-refractivity contribution in [3.63, 3.8) is 0 Å². The fraction of sp³-hybridized carbons (Fsp3) is 0.364. The summed E-state index contributed by atoms with van der Waals surface area (Å²) in [6.45, 7) is 0.833. The van der Waals surface area contributed by atoms with Crippen LogP contribution in [0.3, 0.4) is 0 Å². The zero-order valence-electron chi connectivity index (χ0n) is 9.41. The molecule has 1 fully saturated rings. The highest BCUT2D eigenvalue weighted by Crippen LogP contribution is 2.41.